The van der Waals surface area contributed by atoms with Gasteiger partial charge < -0.3 is 15.2 Å². The van der Waals surface area contributed by atoms with Crippen molar-refractivity contribution >= 4 is 53.6 Å². The van der Waals surface area contributed by atoms with Crippen LogP contribution in [0.4, 0.5) is 5.82 Å². The summed E-state index contributed by atoms with van der Waals surface area (Å²) in [5, 5.41) is 0. The van der Waals surface area contributed by atoms with Crippen LogP contribution in [-0.2, 0) is 0 Å². The van der Waals surface area contributed by atoms with Crippen LogP contribution in [0, 0.1) is 0 Å². The van der Waals surface area contributed by atoms with E-state index < -0.39 is 0 Å². The molecule has 8 heteroatoms. The molecule has 0 bridgehead atoms. The molecule has 0 fully saturated rings. The second-order valence-corrected chi connectivity index (χ2v) is 5.94. The summed E-state index contributed by atoms with van der Waals surface area (Å²) >= 11 is 10.0. The van der Waals surface area contributed by atoms with E-state index in [0.717, 1.165) is 8.95 Å². The summed E-state index contributed by atoms with van der Waals surface area (Å²) in [6.07, 6.45) is 0. The molecule has 0 saturated heterocycles. The van der Waals surface area contributed by atoms with Gasteiger partial charge in [0.25, 0.3) is 0 Å². The topological polar surface area (TPSA) is 70.3 Å². The Balaban J connectivity index is 2.35. The van der Waals surface area contributed by atoms with Crippen LogP contribution in [0.3, 0.4) is 0 Å². The van der Waals surface area contributed by atoms with Crippen molar-refractivity contribution in [3.05, 3.63) is 31.7 Å². The van der Waals surface area contributed by atoms with Crippen molar-refractivity contribution in [2.24, 2.45) is 0 Å². The number of aromatic nitrogens is 2. The third-order valence-electron chi connectivity index (χ3n) is 2.10. The van der Waals surface area contributed by atoms with Crippen molar-refractivity contribution in [1.29, 1.82) is 0 Å². The van der Waals surface area contributed by atoms with E-state index in [9.17, 15) is 0 Å². The number of benzene rings is 1. The first kappa shape index (κ1) is 14.5. The predicted molar refractivity (Wildman–Crippen MR) is 82.6 cm³/mol. The Morgan fingerprint density at radius 1 is 1.00 bits per heavy atom. The van der Waals surface area contributed by atoms with Crippen LogP contribution >= 0.6 is 47.8 Å². The molecular formula is C11H8Br3N3O2. The number of halogens is 3. The first-order chi connectivity index (χ1) is 8.99. The summed E-state index contributed by atoms with van der Waals surface area (Å²) in [6, 6.07) is 5.28. The van der Waals surface area contributed by atoms with Gasteiger partial charge >= 0.3 is 6.01 Å². The minimum atomic E-state index is 0.157. The molecule has 19 heavy (non-hydrogen) atoms. The second-order valence-electron chi connectivity index (χ2n) is 3.42. The first-order valence-electron chi connectivity index (χ1n) is 5.00. The second kappa shape index (κ2) is 6.06. The quantitative estimate of drug-likeness (QED) is 0.707. The van der Waals surface area contributed by atoms with Gasteiger partial charge in [-0.2, -0.15) is 9.97 Å². The zero-order valence-electron chi connectivity index (χ0n) is 9.65. The molecule has 0 amide bonds. The van der Waals surface area contributed by atoms with Gasteiger partial charge in [-0.1, -0.05) is 0 Å². The largest absolute Gasteiger partial charge is 0.496 e. The van der Waals surface area contributed by atoms with Crippen LogP contribution in [0.15, 0.2) is 31.7 Å². The van der Waals surface area contributed by atoms with Gasteiger partial charge in [-0.25, -0.2) is 0 Å². The maximum Gasteiger partial charge on any atom is 0.325 e. The standard InChI is InChI=1S/C11H8Br3N3O2/c1-18-7-2-6(13)8(3-5(7)12)19-11-16-9(14)4-10(15)17-11/h2-4H,1H3,(H2,15,16,17). The molecule has 0 spiro atoms. The Bertz CT molecular complexity index is 602. The Morgan fingerprint density at radius 2 is 1.63 bits per heavy atom. The van der Waals surface area contributed by atoms with E-state index in [1.807, 2.05) is 0 Å². The predicted octanol–water partition coefficient (Wildman–Crippen LogP) is 4.15. The molecule has 2 rings (SSSR count). The van der Waals surface area contributed by atoms with E-state index in [-0.39, 0.29) is 6.01 Å². The van der Waals surface area contributed by atoms with Crippen molar-refractivity contribution in [1.82, 2.24) is 9.97 Å². The number of nitrogen functional groups attached to an aromatic ring is 1. The Kier molecular flexibility index (Phi) is 4.64. The molecule has 1 aromatic heterocycles. The number of ether oxygens (including phenoxy) is 2. The number of rotatable bonds is 3. The summed E-state index contributed by atoms with van der Waals surface area (Å²) in [5.74, 6) is 1.56. The number of nitrogens with two attached hydrogens (primary N) is 1. The smallest absolute Gasteiger partial charge is 0.325 e. The maximum absolute atomic E-state index is 5.62. The Morgan fingerprint density at radius 3 is 2.26 bits per heavy atom. The molecular weight excluding hydrogens is 446 g/mol. The van der Waals surface area contributed by atoms with Gasteiger partial charge in [0, 0.05) is 12.1 Å². The summed E-state index contributed by atoms with van der Waals surface area (Å²) in [4.78, 5) is 8.07. The fourth-order valence-corrected chi connectivity index (χ4v) is 2.58. The zero-order chi connectivity index (χ0) is 14.0. The molecule has 0 aliphatic carbocycles. The van der Waals surface area contributed by atoms with Gasteiger partial charge in [-0.05, 0) is 53.9 Å². The van der Waals surface area contributed by atoms with Crippen molar-refractivity contribution in [2.45, 2.75) is 0 Å². The molecule has 1 aromatic carbocycles. The van der Waals surface area contributed by atoms with E-state index in [1.54, 1.807) is 25.3 Å². The summed E-state index contributed by atoms with van der Waals surface area (Å²) in [5.41, 5.74) is 5.62. The molecule has 2 aromatic rings. The fraction of sp³-hybridized carbons (Fsp3) is 0.0909. The minimum Gasteiger partial charge on any atom is -0.496 e. The molecule has 0 radical (unpaired) electrons. The highest BCUT2D eigenvalue weighted by molar-refractivity contribution is 9.11. The average Bonchev–Trinajstić information content (AvgIpc) is 2.32. The molecule has 1 heterocycles. The normalized spacial score (nSPS) is 10.3. The minimum absolute atomic E-state index is 0.157. The average molecular weight is 454 g/mol. The lowest BCUT2D eigenvalue weighted by atomic mass is 10.3. The summed E-state index contributed by atoms with van der Waals surface area (Å²) in [7, 11) is 1.59. The van der Waals surface area contributed by atoms with E-state index in [1.165, 1.54) is 0 Å². The SMILES string of the molecule is COc1cc(Br)c(Oc2nc(N)cc(Br)n2)cc1Br. The van der Waals surface area contributed by atoms with Crippen molar-refractivity contribution in [2.75, 3.05) is 12.8 Å². The lowest BCUT2D eigenvalue weighted by Crippen LogP contribution is -1.97. The molecule has 0 unspecified atom stereocenters. The molecule has 0 saturated carbocycles. The van der Waals surface area contributed by atoms with Crippen molar-refractivity contribution in [3.8, 4) is 17.5 Å². The number of anilines is 1. The van der Waals surface area contributed by atoms with Crippen LogP contribution in [0.5, 0.6) is 17.5 Å². The van der Waals surface area contributed by atoms with Crippen LogP contribution < -0.4 is 15.2 Å². The maximum atomic E-state index is 5.62. The third-order valence-corrected chi connectivity index (χ3v) is 3.75. The lowest BCUT2D eigenvalue weighted by Gasteiger charge is -2.10. The van der Waals surface area contributed by atoms with Gasteiger partial charge in [0.05, 0.1) is 16.1 Å². The van der Waals surface area contributed by atoms with Crippen molar-refractivity contribution < 1.29 is 9.47 Å². The molecule has 2 N–H and O–H groups in total. The number of hydrogen-bond acceptors (Lipinski definition) is 5. The highest BCUT2D eigenvalue weighted by Gasteiger charge is 2.11. The molecule has 0 atom stereocenters. The van der Waals surface area contributed by atoms with Crippen molar-refractivity contribution in [3.63, 3.8) is 0 Å². The summed E-state index contributed by atoms with van der Waals surface area (Å²) in [6.45, 7) is 0. The van der Waals surface area contributed by atoms with E-state index in [4.69, 9.17) is 15.2 Å². The van der Waals surface area contributed by atoms with Crippen LogP contribution in [0.25, 0.3) is 0 Å². The number of hydrogen-bond donors (Lipinski definition) is 1. The zero-order valence-corrected chi connectivity index (χ0v) is 14.4. The van der Waals surface area contributed by atoms with Crippen LogP contribution in [0.2, 0.25) is 0 Å². The van der Waals surface area contributed by atoms with E-state index in [0.29, 0.717) is 21.9 Å². The molecule has 0 aliphatic rings. The fourth-order valence-electron chi connectivity index (χ4n) is 1.30. The first-order valence-corrected chi connectivity index (χ1v) is 7.38. The molecule has 0 aliphatic heterocycles. The van der Waals surface area contributed by atoms with Gasteiger partial charge in [-0.3, -0.25) is 0 Å². The molecule has 100 valence electrons. The lowest BCUT2D eigenvalue weighted by molar-refractivity contribution is 0.406. The summed E-state index contributed by atoms with van der Waals surface area (Å²) < 4.78 is 12.8. The van der Waals surface area contributed by atoms with Gasteiger partial charge in [-0.15, -0.1) is 0 Å². The van der Waals surface area contributed by atoms with E-state index >= 15 is 0 Å². The highest BCUT2D eigenvalue weighted by atomic mass is 79.9. The van der Waals surface area contributed by atoms with Gasteiger partial charge in [0.1, 0.15) is 21.9 Å². The number of nitrogens with zero attached hydrogens (tertiary/aromatic N) is 2. The van der Waals surface area contributed by atoms with Crippen LogP contribution in [-0.4, -0.2) is 17.1 Å². The van der Waals surface area contributed by atoms with Gasteiger partial charge in [0.15, 0.2) is 0 Å². The highest BCUT2D eigenvalue weighted by Crippen LogP contribution is 2.37. The number of methoxy groups -OCH3 is 1. The third kappa shape index (κ3) is 3.58. The van der Waals surface area contributed by atoms with E-state index in [2.05, 4.69) is 57.8 Å². The van der Waals surface area contributed by atoms with Crippen LogP contribution in [0.1, 0.15) is 0 Å². The molecule has 5 nitrogen and oxygen atoms in total. The monoisotopic (exact) mass is 451 g/mol. The Labute approximate surface area is 134 Å². The van der Waals surface area contributed by atoms with Gasteiger partial charge in [0.2, 0.25) is 0 Å². The Hall–Kier alpha value is -0.860.